The first-order valence-corrected chi connectivity index (χ1v) is 10.7. The summed E-state index contributed by atoms with van der Waals surface area (Å²) < 4.78 is 0. The monoisotopic (exact) mass is 386 g/mol. The minimum atomic E-state index is -0.954. The fourth-order valence-electron chi connectivity index (χ4n) is 2.57. The molecule has 0 amide bonds. The van der Waals surface area contributed by atoms with Crippen molar-refractivity contribution in [1.82, 2.24) is 0 Å². The van der Waals surface area contributed by atoms with Gasteiger partial charge in [0.1, 0.15) is 6.10 Å². The molecule has 5 N–H and O–H groups in total. The van der Waals surface area contributed by atoms with Crippen molar-refractivity contribution in [3.63, 3.8) is 0 Å². The first-order chi connectivity index (χ1) is 12.8. The van der Waals surface area contributed by atoms with Crippen LogP contribution in [-0.4, -0.2) is 47.4 Å². The quantitative estimate of drug-likeness (QED) is 0.378. The molecule has 1 heterocycles. The summed E-state index contributed by atoms with van der Waals surface area (Å²) >= 11 is 0. The lowest BCUT2D eigenvalue weighted by atomic mass is 9.97. The van der Waals surface area contributed by atoms with E-state index in [0.717, 1.165) is 12.2 Å². The van der Waals surface area contributed by atoms with E-state index in [1.54, 1.807) is 0 Å². The van der Waals surface area contributed by atoms with E-state index >= 15 is 0 Å². The molecule has 1 aliphatic heterocycles. The number of unbranched alkanes of at least 4 members (excludes halogenated alkanes) is 9. The van der Waals surface area contributed by atoms with Gasteiger partial charge in [-0.1, -0.05) is 84.6 Å². The van der Waals surface area contributed by atoms with Crippen LogP contribution < -0.4 is 5.73 Å². The van der Waals surface area contributed by atoms with E-state index in [1.165, 1.54) is 64.2 Å². The molecule has 0 saturated carbocycles. The summed E-state index contributed by atoms with van der Waals surface area (Å²) in [6, 6.07) is 0. The summed E-state index contributed by atoms with van der Waals surface area (Å²) in [7, 11) is 0. The Morgan fingerprint density at radius 1 is 0.926 bits per heavy atom. The predicted octanol–water partition coefficient (Wildman–Crippen LogP) is 4.20. The summed E-state index contributed by atoms with van der Waals surface area (Å²) in [5.41, 5.74) is 6.77. The Hall–Kier alpha value is -0.750. The van der Waals surface area contributed by atoms with Gasteiger partial charge in [0.05, 0.1) is 13.2 Å². The van der Waals surface area contributed by atoms with Crippen LogP contribution in [0.15, 0.2) is 16.8 Å². The van der Waals surface area contributed by atoms with E-state index in [2.05, 4.69) is 31.8 Å². The molecule has 27 heavy (non-hydrogen) atoms. The van der Waals surface area contributed by atoms with Crippen LogP contribution in [0.5, 0.6) is 0 Å². The number of allylic oxidation sites excluding steroid dienone is 2. The summed E-state index contributed by atoms with van der Waals surface area (Å²) in [4.78, 5) is 4.12. The van der Waals surface area contributed by atoms with Crippen molar-refractivity contribution >= 4 is 6.21 Å². The molecule has 5 heteroatoms. The molecule has 5 nitrogen and oxygen atoms in total. The minimum Gasteiger partial charge on any atom is -0.394 e. The minimum absolute atomic E-state index is 0.212. The van der Waals surface area contributed by atoms with E-state index in [-0.39, 0.29) is 18.6 Å². The van der Waals surface area contributed by atoms with Gasteiger partial charge < -0.3 is 21.1 Å². The Kier molecular flexibility index (Phi) is 21.1. The van der Waals surface area contributed by atoms with Crippen LogP contribution in [0.1, 0.15) is 91.9 Å². The highest BCUT2D eigenvalue weighted by Gasteiger charge is 2.15. The molecule has 0 fully saturated rings. The van der Waals surface area contributed by atoms with Crippen molar-refractivity contribution < 1.29 is 15.3 Å². The van der Waals surface area contributed by atoms with Crippen molar-refractivity contribution in [2.24, 2.45) is 16.1 Å². The van der Waals surface area contributed by atoms with E-state index < -0.39 is 6.10 Å². The second-order valence-electron chi connectivity index (χ2n) is 7.85. The van der Waals surface area contributed by atoms with Crippen LogP contribution in [0.4, 0.5) is 0 Å². The van der Waals surface area contributed by atoms with Crippen molar-refractivity contribution in [1.29, 1.82) is 0 Å². The fraction of sp³-hybridized carbons (Fsp3) is 0.864. The van der Waals surface area contributed by atoms with Crippen LogP contribution in [0.25, 0.3) is 0 Å². The smallest absolute Gasteiger partial charge is 0.100 e. The van der Waals surface area contributed by atoms with Gasteiger partial charge in [-0.25, -0.2) is 0 Å². The zero-order valence-electron chi connectivity index (χ0n) is 18.3. The van der Waals surface area contributed by atoms with Crippen molar-refractivity contribution in [3.05, 3.63) is 11.8 Å². The maximum absolute atomic E-state index is 8.17. The summed E-state index contributed by atoms with van der Waals surface area (Å²) in [6.07, 6.45) is 17.1. The van der Waals surface area contributed by atoms with Gasteiger partial charge >= 0.3 is 0 Å². The molecule has 162 valence electrons. The van der Waals surface area contributed by atoms with Gasteiger partial charge in [-0.05, 0) is 19.9 Å². The van der Waals surface area contributed by atoms with Crippen LogP contribution >= 0.6 is 0 Å². The Morgan fingerprint density at radius 3 is 1.59 bits per heavy atom. The lowest BCUT2D eigenvalue weighted by Crippen LogP contribution is -2.15. The number of aliphatic hydroxyl groups excluding tert-OH is 3. The molecule has 0 aromatic heterocycles. The Bertz CT molecular complexity index is 355. The Balaban J connectivity index is 0. The number of hydrogen-bond acceptors (Lipinski definition) is 5. The highest BCUT2D eigenvalue weighted by atomic mass is 16.3. The number of hydrogen-bond donors (Lipinski definition) is 4. The van der Waals surface area contributed by atoms with Crippen LogP contribution in [0, 0.1) is 5.41 Å². The zero-order valence-corrected chi connectivity index (χ0v) is 18.3. The Labute approximate surface area is 167 Å². The van der Waals surface area contributed by atoms with Gasteiger partial charge in [0.2, 0.25) is 0 Å². The van der Waals surface area contributed by atoms with E-state index in [0.29, 0.717) is 0 Å². The van der Waals surface area contributed by atoms with E-state index in [1.807, 2.05) is 13.1 Å². The molecular formula is C22H46N2O3. The molecule has 0 unspecified atom stereocenters. The van der Waals surface area contributed by atoms with Crippen molar-refractivity contribution in [2.45, 2.75) is 98.0 Å². The maximum Gasteiger partial charge on any atom is 0.100 e. The van der Waals surface area contributed by atoms with Gasteiger partial charge in [-0.15, -0.1) is 0 Å². The molecule has 1 aliphatic rings. The lowest BCUT2D eigenvalue weighted by molar-refractivity contribution is 0.0450. The number of aliphatic imine (C=N–C) groups is 1. The van der Waals surface area contributed by atoms with E-state index in [4.69, 9.17) is 21.1 Å². The molecule has 0 radical (unpaired) electrons. The number of nitrogens with two attached hydrogens (primary N) is 1. The third-order valence-corrected chi connectivity index (χ3v) is 4.16. The van der Waals surface area contributed by atoms with Crippen LogP contribution in [0.3, 0.4) is 0 Å². The summed E-state index contributed by atoms with van der Waals surface area (Å²) in [5, 5.41) is 24.0. The fourth-order valence-corrected chi connectivity index (χ4v) is 2.57. The second kappa shape index (κ2) is 20.0. The highest BCUT2D eigenvalue weighted by molar-refractivity contribution is 5.72. The lowest BCUT2D eigenvalue weighted by Gasteiger charge is -2.06. The van der Waals surface area contributed by atoms with Crippen LogP contribution in [0.2, 0.25) is 0 Å². The topological polar surface area (TPSA) is 99.1 Å². The van der Waals surface area contributed by atoms with Gasteiger partial charge in [0.15, 0.2) is 0 Å². The average Bonchev–Trinajstić information content (AvgIpc) is 2.97. The third-order valence-electron chi connectivity index (χ3n) is 4.16. The number of nitrogens with zero attached hydrogens (tertiary/aromatic N) is 1. The maximum atomic E-state index is 8.17. The molecule has 0 atom stereocenters. The normalized spacial score (nSPS) is 14.3. The number of aliphatic hydroxyl groups is 3. The van der Waals surface area contributed by atoms with Gasteiger partial charge in [0, 0.05) is 17.3 Å². The molecular weight excluding hydrogens is 340 g/mol. The summed E-state index contributed by atoms with van der Waals surface area (Å²) in [6.45, 7) is 8.72. The first kappa shape index (κ1) is 28.5. The molecule has 0 bridgehead atoms. The highest BCUT2D eigenvalue weighted by Crippen LogP contribution is 2.22. The SMILES string of the molecule is CC1=CC(C)(C)C=N1.CCCCCCCCCCCCN.OCC(O)CO. The number of rotatable bonds is 12. The molecule has 0 saturated heterocycles. The van der Waals surface area contributed by atoms with Crippen molar-refractivity contribution in [3.8, 4) is 0 Å². The van der Waals surface area contributed by atoms with Crippen molar-refractivity contribution in [2.75, 3.05) is 19.8 Å². The molecule has 0 aromatic rings. The standard InChI is InChI=1S/C12H27N.C7H11N.C3H8O3/c1-2-3-4-5-6-7-8-9-10-11-12-13;1-6-4-7(2,3)5-8-6;4-1-3(6)2-5/h2-13H2,1H3;4-5H,1-3H3;3-6H,1-2H2. The molecule has 0 spiro atoms. The first-order valence-electron chi connectivity index (χ1n) is 10.7. The summed E-state index contributed by atoms with van der Waals surface area (Å²) in [5.74, 6) is 0. The average molecular weight is 387 g/mol. The predicted molar refractivity (Wildman–Crippen MR) is 117 cm³/mol. The largest absolute Gasteiger partial charge is 0.394 e. The third kappa shape index (κ3) is 23.2. The second-order valence-corrected chi connectivity index (χ2v) is 7.85. The molecule has 0 aromatic carbocycles. The van der Waals surface area contributed by atoms with Gasteiger partial charge in [-0.2, -0.15) is 0 Å². The Morgan fingerprint density at radius 2 is 1.37 bits per heavy atom. The molecule has 0 aliphatic carbocycles. The molecule has 1 rings (SSSR count). The van der Waals surface area contributed by atoms with Gasteiger partial charge in [0.25, 0.3) is 0 Å². The van der Waals surface area contributed by atoms with Gasteiger partial charge in [-0.3, -0.25) is 4.99 Å². The zero-order chi connectivity index (χ0) is 21.0. The van der Waals surface area contributed by atoms with E-state index in [9.17, 15) is 0 Å². The van der Waals surface area contributed by atoms with Crippen LogP contribution in [-0.2, 0) is 0 Å².